The molecule has 1 heterocycles. The molecule has 1 amide bonds. The van der Waals surface area contributed by atoms with Gasteiger partial charge < -0.3 is 10.6 Å². The normalized spacial score (nSPS) is 19.7. The number of fused-ring (bicyclic) bond motifs is 1. The molecule has 0 bridgehead atoms. The Labute approximate surface area is 115 Å². The Morgan fingerprint density at radius 2 is 2.17 bits per heavy atom. The number of halogens is 1. The van der Waals surface area contributed by atoms with Crippen molar-refractivity contribution in [2.75, 3.05) is 18.0 Å². The number of rotatable bonds is 2. The summed E-state index contributed by atoms with van der Waals surface area (Å²) in [5.41, 5.74) is 7.92. The molecule has 0 aromatic heterocycles. The zero-order chi connectivity index (χ0) is 12.4. The summed E-state index contributed by atoms with van der Waals surface area (Å²) in [6, 6.07) is 8.18. The van der Waals surface area contributed by atoms with Gasteiger partial charge in [-0.05, 0) is 24.0 Å². The Morgan fingerprint density at radius 1 is 1.50 bits per heavy atom. The predicted molar refractivity (Wildman–Crippen MR) is 77.3 cm³/mol. The van der Waals surface area contributed by atoms with Crippen LogP contribution in [0.25, 0.3) is 0 Å². The summed E-state index contributed by atoms with van der Waals surface area (Å²) in [4.78, 5) is 14.1. The largest absolute Gasteiger partial charge is 0.330 e. The number of carbonyl (C=O) groups excluding carboxylic acids is 1. The van der Waals surface area contributed by atoms with Gasteiger partial charge in [-0.15, -0.1) is 12.4 Å². The highest BCUT2D eigenvalue weighted by Gasteiger charge is 2.28. The third-order valence-electron chi connectivity index (χ3n) is 3.59. The highest BCUT2D eigenvalue weighted by atomic mass is 35.5. The standard InChI is InChI=1S/C14H20N2O.ClH/c1-10-7-8-16(14(17)11(2)9-15)13-6-4-3-5-12(10)13;/h3-6,10-11H,7-9,15H2,1-2H3;1H. The first kappa shape index (κ1) is 15.0. The Bertz CT molecular complexity index is 422. The average molecular weight is 269 g/mol. The van der Waals surface area contributed by atoms with Crippen molar-refractivity contribution in [2.24, 2.45) is 11.7 Å². The van der Waals surface area contributed by atoms with Crippen molar-refractivity contribution < 1.29 is 4.79 Å². The summed E-state index contributed by atoms with van der Waals surface area (Å²) in [5.74, 6) is 0.576. The van der Waals surface area contributed by atoms with Crippen molar-refractivity contribution in [3.63, 3.8) is 0 Å². The molecule has 18 heavy (non-hydrogen) atoms. The van der Waals surface area contributed by atoms with Crippen LogP contribution in [-0.4, -0.2) is 19.0 Å². The Hall–Kier alpha value is -1.06. The topological polar surface area (TPSA) is 46.3 Å². The molecule has 0 radical (unpaired) electrons. The molecule has 2 atom stereocenters. The van der Waals surface area contributed by atoms with Crippen LogP contribution in [0.15, 0.2) is 24.3 Å². The fourth-order valence-corrected chi connectivity index (χ4v) is 2.34. The predicted octanol–water partition coefficient (Wildman–Crippen LogP) is 2.54. The maximum Gasteiger partial charge on any atom is 0.231 e. The summed E-state index contributed by atoms with van der Waals surface area (Å²) in [5, 5.41) is 0. The van der Waals surface area contributed by atoms with E-state index in [0.717, 1.165) is 18.7 Å². The van der Waals surface area contributed by atoms with Crippen molar-refractivity contribution in [1.29, 1.82) is 0 Å². The van der Waals surface area contributed by atoms with Gasteiger partial charge >= 0.3 is 0 Å². The van der Waals surface area contributed by atoms with Gasteiger partial charge in [0.2, 0.25) is 5.91 Å². The van der Waals surface area contributed by atoms with E-state index in [9.17, 15) is 4.79 Å². The van der Waals surface area contributed by atoms with Crippen LogP contribution in [-0.2, 0) is 4.79 Å². The molecule has 3 nitrogen and oxygen atoms in total. The Kier molecular flexibility index (Phi) is 5.17. The SMILES string of the molecule is CC(CN)C(=O)N1CCC(C)c2ccccc21.Cl. The third kappa shape index (κ3) is 2.68. The molecular formula is C14H21ClN2O. The van der Waals surface area contributed by atoms with Crippen LogP contribution in [0.3, 0.4) is 0 Å². The third-order valence-corrected chi connectivity index (χ3v) is 3.59. The van der Waals surface area contributed by atoms with Crippen LogP contribution in [0.4, 0.5) is 5.69 Å². The number of nitrogens with zero attached hydrogens (tertiary/aromatic N) is 1. The molecule has 100 valence electrons. The van der Waals surface area contributed by atoms with Crippen LogP contribution in [0.1, 0.15) is 31.7 Å². The maximum atomic E-state index is 12.2. The fraction of sp³-hybridized carbons (Fsp3) is 0.500. The number of carbonyl (C=O) groups is 1. The molecule has 0 saturated heterocycles. The van der Waals surface area contributed by atoms with Gasteiger partial charge in [0.05, 0.1) is 0 Å². The minimum absolute atomic E-state index is 0. The molecule has 1 aliphatic rings. The van der Waals surface area contributed by atoms with E-state index in [2.05, 4.69) is 13.0 Å². The molecule has 1 aliphatic heterocycles. The van der Waals surface area contributed by atoms with Gasteiger partial charge in [-0.3, -0.25) is 4.79 Å². The molecule has 4 heteroatoms. The summed E-state index contributed by atoms with van der Waals surface area (Å²) >= 11 is 0. The number of benzene rings is 1. The second-order valence-corrected chi connectivity index (χ2v) is 4.88. The maximum absolute atomic E-state index is 12.2. The highest BCUT2D eigenvalue weighted by Crippen LogP contribution is 2.35. The number of hydrogen-bond donors (Lipinski definition) is 1. The second-order valence-electron chi connectivity index (χ2n) is 4.88. The summed E-state index contributed by atoms with van der Waals surface area (Å²) in [7, 11) is 0. The van der Waals surface area contributed by atoms with Crippen molar-refractivity contribution in [3.05, 3.63) is 29.8 Å². The van der Waals surface area contributed by atoms with Crippen molar-refractivity contribution >= 4 is 24.0 Å². The number of anilines is 1. The first-order chi connectivity index (χ1) is 8.15. The minimum atomic E-state index is -0.100. The van der Waals surface area contributed by atoms with Gasteiger partial charge in [0.25, 0.3) is 0 Å². The van der Waals surface area contributed by atoms with Gasteiger partial charge in [-0.1, -0.05) is 32.0 Å². The molecular weight excluding hydrogens is 248 g/mol. The van der Waals surface area contributed by atoms with Crippen LogP contribution in [0.5, 0.6) is 0 Å². The van der Waals surface area contributed by atoms with Crippen molar-refractivity contribution in [1.82, 2.24) is 0 Å². The van der Waals surface area contributed by atoms with E-state index in [4.69, 9.17) is 5.73 Å². The number of hydrogen-bond acceptors (Lipinski definition) is 2. The first-order valence-corrected chi connectivity index (χ1v) is 6.25. The minimum Gasteiger partial charge on any atom is -0.330 e. The molecule has 1 aromatic carbocycles. The van der Waals surface area contributed by atoms with Crippen molar-refractivity contribution in [2.45, 2.75) is 26.2 Å². The van der Waals surface area contributed by atoms with Gasteiger partial charge in [0.1, 0.15) is 0 Å². The molecule has 1 aromatic rings. The van der Waals surface area contributed by atoms with Crippen LogP contribution >= 0.6 is 12.4 Å². The van der Waals surface area contributed by atoms with E-state index in [-0.39, 0.29) is 24.2 Å². The Balaban J connectivity index is 0.00000162. The summed E-state index contributed by atoms with van der Waals surface area (Å²) in [6.07, 6.45) is 1.03. The second kappa shape index (κ2) is 6.21. The quantitative estimate of drug-likeness (QED) is 0.896. The molecule has 0 spiro atoms. The van der Waals surface area contributed by atoms with E-state index < -0.39 is 0 Å². The lowest BCUT2D eigenvalue weighted by Crippen LogP contribution is -2.41. The molecule has 0 saturated carbocycles. The fourth-order valence-electron chi connectivity index (χ4n) is 2.34. The molecule has 2 rings (SSSR count). The monoisotopic (exact) mass is 268 g/mol. The van der Waals surface area contributed by atoms with Gasteiger partial charge in [-0.2, -0.15) is 0 Å². The van der Waals surface area contributed by atoms with E-state index in [0.29, 0.717) is 12.5 Å². The molecule has 2 unspecified atom stereocenters. The average Bonchev–Trinajstić information content (AvgIpc) is 2.38. The number of amides is 1. The molecule has 2 N–H and O–H groups in total. The van der Waals surface area contributed by atoms with Crippen molar-refractivity contribution in [3.8, 4) is 0 Å². The summed E-state index contributed by atoms with van der Waals surface area (Å²) < 4.78 is 0. The van der Waals surface area contributed by atoms with Crippen LogP contribution in [0, 0.1) is 5.92 Å². The van der Waals surface area contributed by atoms with E-state index in [1.165, 1.54) is 5.56 Å². The van der Waals surface area contributed by atoms with E-state index in [1.807, 2.05) is 30.0 Å². The number of nitrogens with two attached hydrogens (primary N) is 1. The van der Waals surface area contributed by atoms with E-state index >= 15 is 0 Å². The lowest BCUT2D eigenvalue weighted by atomic mass is 9.91. The molecule has 0 fully saturated rings. The number of para-hydroxylation sites is 1. The lowest BCUT2D eigenvalue weighted by Gasteiger charge is -2.34. The Morgan fingerprint density at radius 3 is 2.83 bits per heavy atom. The van der Waals surface area contributed by atoms with Gasteiger partial charge in [-0.25, -0.2) is 0 Å². The van der Waals surface area contributed by atoms with Crippen LogP contribution < -0.4 is 10.6 Å². The zero-order valence-corrected chi connectivity index (χ0v) is 11.7. The highest BCUT2D eigenvalue weighted by molar-refractivity contribution is 5.96. The lowest BCUT2D eigenvalue weighted by molar-refractivity contribution is -0.121. The smallest absolute Gasteiger partial charge is 0.231 e. The van der Waals surface area contributed by atoms with Crippen LogP contribution in [0.2, 0.25) is 0 Å². The first-order valence-electron chi connectivity index (χ1n) is 6.25. The summed E-state index contributed by atoms with van der Waals surface area (Å²) in [6.45, 7) is 5.32. The zero-order valence-electron chi connectivity index (χ0n) is 10.9. The van der Waals surface area contributed by atoms with Gasteiger partial charge in [0, 0.05) is 24.7 Å². The molecule has 0 aliphatic carbocycles. The van der Waals surface area contributed by atoms with E-state index in [1.54, 1.807) is 0 Å². The van der Waals surface area contributed by atoms with Gasteiger partial charge in [0.15, 0.2) is 0 Å².